The molecule has 0 bridgehead atoms. The standard InChI is InChI=1S/C23H20ClF3N4O3/c1-11(28-16-3-4-17(24)29-19(16)22(33)34)14-9-13(25)10-15-18(14)30-20(31(2)21(15)32)12-5-7-23(26,27)8-6-12/h3-5,9-11,28H,6-8H2,1-2H3,(H,33,34)/t11-/m0/s1. The number of hydrogen-bond donors (Lipinski definition) is 2. The summed E-state index contributed by atoms with van der Waals surface area (Å²) in [4.78, 5) is 33.0. The van der Waals surface area contributed by atoms with Crippen molar-refractivity contribution in [1.82, 2.24) is 14.5 Å². The Hall–Kier alpha value is -3.40. The third-order valence-corrected chi connectivity index (χ3v) is 5.98. The predicted molar refractivity (Wildman–Crippen MR) is 122 cm³/mol. The highest BCUT2D eigenvalue weighted by molar-refractivity contribution is 6.29. The van der Waals surface area contributed by atoms with Crippen molar-refractivity contribution in [2.45, 2.75) is 38.2 Å². The van der Waals surface area contributed by atoms with Crippen LogP contribution in [0.4, 0.5) is 18.9 Å². The van der Waals surface area contributed by atoms with Crippen molar-refractivity contribution in [2.24, 2.45) is 7.05 Å². The molecule has 178 valence electrons. The Bertz CT molecular complexity index is 1400. The van der Waals surface area contributed by atoms with Gasteiger partial charge in [-0.2, -0.15) is 0 Å². The molecule has 34 heavy (non-hydrogen) atoms. The molecule has 1 atom stereocenters. The molecule has 1 aliphatic carbocycles. The first-order valence-corrected chi connectivity index (χ1v) is 10.8. The Kier molecular flexibility index (Phi) is 6.11. The van der Waals surface area contributed by atoms with Gasteiger partial charge in [0.2, 0.25) is 0 Å². The van der Waals surface area contributed by atoms with Gasteiger partial charge < -0.3 is 10.4 Å². The Morgan fingerprint density at radius 3 is 2.68 bits per heavy atom. The SMILES string of the molecule is C[C@H](Nc1ccc(Cl)nc1C(=O)O)c1cc(F)cc2c(=O)n(C)c(C3=CCC(F)(F)CC3)nc12. The summed E-state index contributed by atoms with van der Waals surface area (Å²) in [5.41, 5.74) is 0.295. The van der Waals surface area contributed by atoms with E-state index in [1.165, 1.54) is 35.9 Å². The van der Waals surface area contributed by atoms with Crippen LogP contribution >= 0.6 is 11.6 Å². The minimum absolute atomic E-state index is 0.00653. The van der Waals surface area contributed by atoms with E-state index >= 15 is 0 Å². The van der Waals surface area contributed by atoms with E-state index in [1.807, 2.05) is 0 Å². The zero-order chi connectivity index (χ0) is 24.8. The maximum absolute atomic E-state index is 14.5. The summed E-state index contributed by atoms with van der Waals surface area (Å²) in [6, 6.07) is 4.41. The highest BCUT2D eigenvalue weighted by Gasteiger charge is 2.32. The molecule has 0 radical (unpaired) electrons. The van der Waals surface area contributed by atoms with Crippen LogP contribution < -0.4 is 10.9 Å². The third kappa shape index (κ3) is 4.50. The highest BCUT2D eigenvalue weighted by atomic mass is 35.5. The highest BCUT2D eigenvalue weighted by Crippen LogP contribution is 2.36. The molecule has 1 aromatic carbocycles. The van der Waals surface area contributed by atoms with Crippen LogP contribution in [0.15, 0.2) is 35.1 Å². The van der Waals surface area contributed by atoms with Gasteiger partial charge in [0.1, 0.15) is 16.8 Å². The molecule has 3 aromatic rings. The maximum atomic E-state index is 14.5. The van der Waals surface area contributed by atoms with Gasteiger partial charge in [0, 0.05) is 25.5 Å². The second-order valence-electron chi connectivity index (χ2n) is 8.18. The summed E-state index contributed by atoms with van der Waals surface area (Å²) in [6.07, 6.45) is 0.608. The fourth-order valence-electron chi connectivity index (χ4n) is 4.01. The average molecular weight is 493 g/mol. The van der Waals surface area contributed by atoms with E-state index in [0.29, 0.717) is 11.1 Å². The molecule has 2 N–H and O–H groups in total. The van der Waals surface area contributed by atoms with Crippen LogP contribution in [0.1, 0.15) is 54.1 Å². The number of carboxylic acids is 1. The molecule has 0 fully saturated rings. The predicted octanol–water partition coefficient (Wildman–Crippen LogP) is 5.19. The fraction of sp³-hybridized carbons (Fsp3) is 0.304. The first-order chi connectivity index (χ1) is 16.0. The Labute approximate surface area is 196 Å². The minimum atomic E-state index is -2.81. The van der Waals surface area contributed by atoms with E-state index in [1.54, 1.807) is 6.92 Å². The number of anilines is 1. The van der Waals surface area contributed by atoms with Crippen LogP contribution in [-0.4, -0.2) is 31.5 Å². The van der Waals surface area contributed by atoms with Crippen LogP contribution in [0.2, 0.25) is 5.15 Å². The number of rotatable bonds is 5. The Morgan fingerprint density at radius 2 is 2.03 bits per heavy atom. The van der Waals surface area contributed by atoms with Crippen molar-refractivity contribution in [3.05, 3.63) is 68.7 Å². The van der Waals surface area contributed by atoms with Crippen molar-refractivity contribution >= 4 is 39.7 Å². The van der Waals surface area contributed by atoms with Crippen LogP contribution in [0, 0.1) is 5.82 Å². The normalized spacial score (nSPS) is 16.2. The van der Waals surface area contributed by atoms with Crippen molar-refractivity contribution in [2.75, 3.05) is 5.32 Å². The van der Waals surface area contributed by atoms with Gasteiger partial charge in [-0.1, -0.05) is 17.7 Å². The number of hydrogen-bond acceptors (Lipinski definition) is 5. The zero-order valence-corrected chi connectivity index (χ0v) is 19.0. The van der Waals surface area contributed by atoms with E-state index in [0.717, 1.165) is 6.07 Å². The smallest absolute Gasteiger partial charge is 0.356 e. The number of aromatic nitrogens is 3. The molecule has 0 aliphatic heterocycles. The Morgan fingerprint density at radius 1 is 1.29 bits per heavy atom. The first-order valence-electron chi connectivity index (χ1n) is 10.4. The van der Waals surface area contributed by atoms with Gasteiger partial charge in [-0.05, 0) is 43.2 Å². The number of aromatic carboxylic acids is 1. The molecule has 1 aliphatic rings. The summed E-state index contributed by atoms with van der Waals surface area (Å²) >= 11 is 5.80. The van der Waals surface area contributed by atoms with Gasteiger partial charge in [0.15, 0.2) is 5.69 Å². The molecule has 11 heteroatoms. The van der Waals surface area contributed by atoms with Crippen molar-refractivity contribution < 1.29 is 23.1 Å². The lowest BCUT2D eigenvalue weighted by molar-refractivity contribution is -0.00612. The molecule has 2 aromatic heterocycles. The van der Waals surface area contributed by atoms with Crippen LogP contribution in [0.5, 0.6) is 0 Å². The first kappa shape index (κ1) is 23.7. The fourth-order valence-corrected chi connectivity index (χ4v) is 4.15. The third-order valence-electron chi connectivity index (χ3n) is 5.77. The zero-order valence-electron chi connectivity index (χ0n) is 18.2. The number of alkyl halides is 2. The molecule has 0 saturated carbocycles. The lowest BCUT2D eigenvalue weighted by Crippen LogP contribution is -2.25. The number of nitrogens with zero attached hydrogens (tertiary/aromatic N) is 3. The van der Waals surface area contributed by atoms with Crippen LogP contribution in [0.3, 0.4) is 0 Å². The van der Waals surface area contributed by atoms with Gasteiger partial charge >= 0.3 is 5.97 Å². The van der Waals surface area contributed by atoms with Gasteiger partial charge in [-0.25, -0.2) is 27.9 Å². The number of carboxylic acid groups (broad SMARTS) is 1. The maximum Gasteiger partial charge on any atom is 0.356 e. The summed E-state index contributed by atoms with van der Waals surface area (Å²) in [5, 5.41) is 12.4. The number of benzene rings is 1. The number of halogens is 4. The second kappa shape index (κ2) is 8.75. The van der Waals surface area contributed by atoms with Gasteiger partial charge in [-0.15, -0.1) is 0 Å². The molecule has 0 amide bonds. The van der Waals surface area contributed by atoms with Crippen LogP contribution in [-0.2, 0) is 7.05 Å². The van der Waals surface area contributed by atoms with E-state index in [2.05, 4.69) is 15.3 Å². The average Bonchev–Trinajstić information content (AvgIpc) is 2.77. The summed E-state index contributed by atoms with van der Waals surface area (Å²) in [7, 11) is 1.46. The number of carbonyl (C=O) groups is 1. The quantitative estimate of drug-likeness (QED) is 0.475. The van der Waals surface area contributed by atoms with Gasteiger partial charge in [-0.3, -0.25) is 9.36 Å². The van der Waals surface area contributed by atoms with Crippen molar-refractivity contribution in [3.63, 3.8) is 0 Å². The number of nitrogens with one attached hydrogen (secondary N) is 1. The minimum Gasteiger partial charge on any atom is -0.476 e. The molecule has 2 heterocycles. The number of pyridine rings is 1. The molecule has 4 rings (SSSR count). The van der Waals surface area contributed by atoms with E-state index in [-0.39, 0.29) is 46.1 Å². The van der Waals surface area contributed by atoms with Crippen molar-refractivity contribution in [1.29, 1.82) is 0 Å². The summed E-state index contributed by atoms with van der Waals surface area (Å²) in [5.74, 6) is -4.56. The van der Waals surface area contributed by atoms with E-state index < -0.39 is 35.7 Å². The molecule has 7 nitrogen and oxygen atoms in total. The topological polar surface area (TPSA) is 97.1 Å². The number of fused-ring (bicyclic) bond motifs is 1. The summed E-state index contributed by atoms with van der Waals surface area (Å²) in [6.45, 7) is 1.65. The lowest BCUT2D eigenvalue weighted by atomic mass is 9.95. The van der Waals surface area contributed by atoms with Gasteiger partial charge in [0.05, 0.1) is 22.6 Å². The monoisotopic (exact) mass is 492 g/mol. The lowest BCUT2D eigenvalue weighted by Gasteiger charge is -2.23. The Balaban J connectivity index is 1.84. The molecule has 0 unspecified atom stereocenters. The largest absolute Gasteiger partial charge is 0.476 e. The molecule has 0 spiro atoms. The summed E-state index contributed by atoms with van der Waals surface area (Å²) < 4.78 is 43.0. The van der Waals surface area contributed by atoms with Crippen molar-refractivity contribution in [3.8, 4) is 0 Å². The number of allylic oxidation sites excluding steroid dienone is 2. The van der Waals surface area contributed by atoms with E-state index in [9.17, 15) is 27.9 Å². The molecular weight excluding hydrogens is 473 g/mol. The van der Waals surface area contributed by atoms with E-state index in [4.69, 9.17) is 11.6 Å². The second-order valence-corrected chi connectivity index (χ2v) is 8.57. The van der Waals surface area contributed by atoms with Crippen LogP contribution in [0.25, 0.3) is 16.5 Å². The van der Waals surface area contributed by atoms with Gasteiger partial charge in [0.25, 0.3) is 11.5 Å². The molecule has 0 saturated heterocycles. The molecular formula is C23H20ClF3N4O3.